The largest absolute Gasteiger partial charge is 0.328 e. The van der Waals surface area contributed by atoms with Gasteiger partial charge in [0, 0.05) is 31.5 Å². The van der Waals surface area contributed by atoms with E-state index in [9.17, 15) is 19.2 Å². The summed E-state index contributed by atoms with van der Waals surface area (Å²) in [4.78, 5) is 48.5. The summed E-state index contributed by atoms with van der Waals surface area (Å²) in [5.74, 6) is -0.894. The van der Waals surface area contributed by atoms with Crippen molar-refractivity contribution in [1.82, 2.24) is 9.55 Å². The highest BCUT2D eigenvalue weighted by atomic mass is 16.2. The van der Waals surface area contributed by atoms with Crippen molar-refractivity contribution in [2.75, 3.05) is 10.6 Å². The Morgan fingerprint density at radius 2 is 1.77 bits per heavy atom. The molecule has 0 atom stereocenters. The first-order valence-corrected chi connectivity index (χ1v) is 6.36. The number of H-pyrrole nitrogens is 1. The third-order valence-electron chi connectivity index (χ3n) is 2.87. The molecule has 2 aromatic rings. The van der Waals surface area contributed by atoms with Crippen LogP contribution in [0.5, 0.6) is 0 Å². The lowest BCUT2D eigenvalue weighted by Crippen LogP contribution is -2.37. The number of nitrogens with one attached hydrogen (secondary N) is 3. The summed E-state index contributed by atoms with van der Waals surface area (Å²) in [6.45, 7) is 1.37. The molecule has 1 heterocycles. The molecule has 0 aliphatic carbocycles. The Morgan fingerprint density at radius 1 is 1.14 bits per heavy atom. The van der Waals surface area contributed by atoms with E-state index in [0.717, 1.165) is 10.8 Å². The first-order valence-electron chi connectivity index (χ1n) is 6.36. The first-order chi connectivity index (χ1) is 10.4. The zero-order valence-electron chi connectivity index (χ0n) is 12.0. The molecule has 114 valence electrons. The van der Waals surface area contributed by atoms with Crippen molar-refractivity contribution in [2.45, 2.75) is 6.92 Å². The minimum absolute atomic E-state index is 0.188. The van der Waals surface area contributed by atoms with Gasteiger partial charge in [-0.1, -0.05) is 6.07 Å². The van der Waals surface area contributed by atoms with Gasteiger partial charge in [0.25, 0.3) is 11.5 Å². The van der Waals surface area contributed by atoms with E-state index < -0.39 is 17.2 Å². The topological polar surface area (TPSA) is 113 Å². The molecular formula is C14H14N4O4. The van der Waals surface area contributed by atoms with Gasteiger partial charge in [-0.05, 0) is 18.2 Å². The third-order valence-corrected chi connectivity index (χ3v) is 2.87. The number of anilines is 2. The molecule has 1 aromatic carbocycles. The maximum Gasteiger partial charge on any atom is 0.328 e. The van der Waals surface area contributed by atoms with Crippen LogP contribution in [0.15, 0.2) is 40.1 Å². The Bertz CT molecular complexity index is 850. The fourth-order valence-electron chi connectivity index (χ4n) is 1.80. The predicted molar refractivity (Wildman–Crippen MR) is 81.0 cm³/mol. The number of aromatic nitrogens is 2. The number of carbonyl (C=O) groups excluding carboxylic acids is 2. The molecule has 0 bridgehead atoms. The molecule has 0 fully saturated rings. The highest BCUT2D eigenvalue weighted by Crippen LogP contribution is 2.15. The zero-order chi connectivity index (χ0) is 16.3. The molecule has 8 nitrogen and oxygen atoms in total. The van der Waals surface area contributed by atoms with Crippen LogP contribution in [0.25, 0.3) is 0 Å². The first kappa shape index (κ1) is 15.2. The van der Waals surface area contributed by atoms with E-state index in [4.69, 9.17) is 0 Å². The van der Waals surface area contributed by atoms with Crippen molar-refractivity contribution in [3.8, 4) is 0 Å². The molecule has 0 aliphatic rings. The lowest BCUT2D eigenvalue weighted by atomic mass is 10.2. The summed E-state index contributed by atoms with van der Waals surface area (Å²) in [5, 5.41) is 5.12. The van der Waals surface area contributed by atoms with E-state index in [1.54, 1.807) is 24.3 Å². The van der Waals surface area contributed by atoms with Gasteiger partial charge in [0.05, 0.1) is 0 Å². The molecule has 8 heteroatoms. The maximum absolute atomic E-state index is 12.1. The molecule has 0 saturated carbocycles. The number of nitrogens with zero attached hydrogens (tertiary/aromatic N) is 1. The number of benzene rings is 1. The highest BCUT2D eigenvalue weighted by molar-refractivity contribution is 6.04. The number of hydrogen-bond donors (Lipinski definition) is 3. The van der Waals surface area contributed by atoms with E-state index in [0.29, 0.717) is 11.4 Å². The fraction of sp³-hybridized carbons (Fsp3) is 0.143. The van der Waals surface area contributed by atoms with Crippen LogP contribution < -0.4 is 21.9 Å². The van der Waals surface area contributed by atoms with Crippen LogP contribution in [-0.2, 0) is 11.8 Å². The van der Waals surface area contributed by atoms with Crippen molar-refractivity contribution in [1.29, 1.82) is 0 Å². The minimum Gasteiger partial charge on any atom is -0.326 e. The van der Waals surface area contributed by atoms with Gasteiger partial charge in [-0.2, -0.15) is 0 Å². The fourth-order valence-corrected chi connectivity index (χ4v) is 1.80. The molecule has 0 saturated heterocycles. The monoisotopic (exact) mass is 302 g/mol. The average molecular weight is 302 g/mol. The smallest absolute Gasteiger partial charge is 0.326 e. The maximum atomic E-state index is 12.1. The van der Waals surface area contributed by atoms with Crippen molar-refractivity contribution in [3.05, 3.63) is 56.9 Å². The SMILES string of the molecule is CC(=O)Nc1cccc(NC(=O)c2c[nH]c(=O)n(C)c2=O)c1. The van der Waals surface area contributed by atoms with Crippen LogP contribution in [0, 0.1) is 0 Å². The van der Waals surface area contributed by atoms with Gasteiger partial charge in [-0.15, -0.1) is 0 Å². The molecule has 2 rings (SSSR count). The number of aromatic amines is 1. The summed E-state index contributed by atoms with van der Waals surface area (Å²) in [7, 11) is 1.27. The standard InChI is InChI=1S/C14H14N4O4/c1-8(19)16-9-4-3-5-10(6-9)17-12(20)11-7-15-14(22)18(2)13(11)21/h3-7H,1-2H3,(H,15,22)(H,16,19)(H,17,20). The summed E-state index contributed by atoms with van der Waals surface area (Å²) in [5.41, 5.74) is -0.565. The van der Waals surface area contributed by atoms with E-state index in [1.165, 1.54) is 14.0 Å². The van der Waals surface area contributed by atoms with Crippen LogP contribution >= 0.6 is 0 Å². The molecule has 0 aliphatic heterocycles. The van der Waals surface area contributed by atoms with Crippen LogP contribution in [0.2, 0.25) is 0 Å². The molecular weight excluding hydrogens is 288 g/mol. The number of amides is 2. The van der Waals surface area contributed by atoms with Crippen molar-refractivity contribution < 1.29 is 9.59 Å². The Morgan fingerprint density at radius 3 is 2.41 bits per heavy atom. The summed E-state index contributed by atoms with van der Waals surface area (Å²) < 4.78 is 0.808. The van der Waals surface area contributed by atoms with E-state index >= 15 is 0 Å². The molecule has 0 unspecified atom stereocenters. The number of carbonyl (C=O) groups is 2. The van der Waals surface area contributed by atoms with Gasteiger partial charge < -0.3 is 15.6 Å². The number of rotatable bonds is 3. The Hall–Kier alpha value is -3.16. The van der Waals surface area contributed by atoms with Crippen LogP contribution in [0.3, 0.4) is 0 Å². The Labute approximate surface area is 124 Å². The van der Waals surface area contributed by atoms with E-state index in [2.05, 4.69) is 15.6 Å². The predicted octanol–water partition coefficient (Wildman–Crippen LogP) is 0.284. The Balaban J connectivity index is 2.26. The molecule has 0 spiro atoms. The van der Waals surface area contributed by atoms with Crippen molar-refractivity contribution >= 4 is 23.2 Å². The zero-order valence-corrected chi connectivity index (χ0v) is 12.0. The van der Waals surface area contributed by atoms with E-state index in [1.807, 2.05) is 0 Å². The van der Waals surface area contributed by atoms with Crippen molar-refractivity contribution in [2.24, 2.45) is 7.05 Å². The normalized spacial score (nSPS) is 10.1. The quantitative estimate of drug-likeness (QED) is 0.756. The summed E-state index contributed by atoms with van der Waals surface area (Å²) in [6, 6.07) is 6.47. The number of hydrogen-bond acceptors (Lipinski definition) is 4. The second kappa shape index (κ2) is 6.08. The van der Waals surface area contributed by atoms with Gasteiger partial charge in [0.1, 0.15) is 5.56 Å². The average Bonchev–Trinajstić information content (AvgIpc) is 2.44. The lowest BCUT2D eigenvalue weighted by molar-refractivity contribution is -0.114. The summed E-state index contributed by atoms with van der Waals surface area (Å²) in [6.07, 6.45) is 1.07. The van der Waals surface area contributed by atoms with Gasteiger partial charge >= 0.3 is 5.69 Å². The van der Waals surface area contributed by atoms with Crippen LogP contribution in [0.1, 0.15) is 17.3 Å². The summed E-state index contributed by atoms with van der Waals surface area (Å²) >= 11 is 0. The Kier molecular flexibility index (Phi) is 4.21. The molecule has 3 N–H and O–H groups in total. The van der Waals surface area contributed by atoms with Gasteiger partial charge in [0.15, 0.2) is 0 Å². The molecule has 2 amide bonds. The van der Waals surface area contributed by atoms with Crippen LogP contribution in [-0.4, -0.2) is 21.4 Å². The minimum atomic E-state index is -0.695. The second-order valence-electron chi connectivity index (χ2n) is 4.59. The highest BCUT2D eigenvalue weighted by Gasteiger charge is 2.13. The van der Waals surface area contributed by atoms with Crippen molar-refractivity contribution in [3.63, 3.8) is 0 Å². The van der Waals surface area contributed by atoms with Crippen LogP contribution in [0.4, 0.5) is 11.4 Å². The molecule has 22 heavy (non-hydrogen) atoms. The lowest BCUT2D eigenvalue weighted by Gasteiger charge is -2.08. The van der Waals surface area contributed by atoms with Gasteiger partial charge in [-0.3, -0.25) is 19.0 Å². The molecule has 0 radical (unpaired) electrons. The molecule has 1 aromatic heterocycles. The van der Waals surface area contributed by atoms with Gasteiger partial charge in [-0.25, -0.2) is 4.79 Å². The van der Waals surface area contributed by atoms with E-state index in [-0.39, 0.29) is 11.5 Å². The third kappa shape index (κ3) is 3.29. The second-order valence-corrected chi connectivity index (χ2v) is 4.59. The van der Waals surface area contributed by atoms with Gasteiger partial charge in [0.2, 0.25) is 5.91 Å².